The van der Waals surface area contributed by atoms with Gasteiger partial charge in [-0.3, -0.25) is 0 Å². The Balaban J connectivity index is 2.24. The Hall–Kier alpha value is -0.540. The number of nitrogens with zero attached hydrogens (tertiary/aromatic N) is 1. The van der Waals surface area contributed by atoms with Gasteiger partial charge in [-0.1, -0.05) is 22.0 Å². The molecule has 2 rings (SSSR count). The molecule has 1 heterocycles. The van der Waals surface area contributed by atoms with Gasteiger partial charge < -0.3 is 10.2 Å². The average Bonchev–Trinajstić information content (AvgIpc) is 2.22. The zero-order valence-electron chi connectivity index (χ0n) is 9.26. The summed E-state index contributed by atoms with van der Waals surface area (Å²) in [5.41, 5.74) is 2.70. The van der Waals surface area contributed by atoms with Crippen LogP contribution in [0.1, 0.15) is 12.5 Å². The first kappa shape index (κ1) is 11.0. The Labute approximate surface area is 99.8 Å². The van der Waals surface area contributed by atoms with Crippen LogP contribution in [0.5, 0.6) is 0 Å². The van der Waals surface area contributed by atoms with Crippen molar-refractivity contribution < 1.29 is 0 Å². The largest absolute Gasteiger partial charge is 0.368 e. The van der Waals surface area contributed by atoms with E-state index < -0.39 is 0 Å². The molecule has 1 fully saturated rings. The number of benzene rings is 1. The molecule has 1 atom stereocenters. The molecule has 1 aromatic rings. The lowest BCUT2D eigenvalue weighted by Crippen LogP contribution is -2.49. The van der Waals surface area contributed by atoms with E-state index in [0.717, 1.165) is 19.6 Å². The zero-order valence-corrected chi connectivity index (χ0v) is 10.8. The van der Waals surface area contributed by atoms with Crippen molar-refractivity contribution in [2.75, 3.05) is 24.5 Å². The summed E-state index contributed by atoms with van der Waals surface area (Å²) < 4.78 is 1.20. The van der Waals surface area contributed by atoms with Crippen molar-refractivity contribution >= 4 is 21.6 Å². The summed E-state index contributed by atoms with van der Waals surface area (Å²) in [6.07, 6.45) is 0. The Morgan fingerprint density at radius 1 is 1.47 bits per heavy atom. The highest BCUT2D eigenvalue weighted by Crippen LogP contribution is 2.27. The summed E-state index contributed by atoms with van der Waals surface area (Å²) in [6.45, 7) is 7.68. The Morgan fingerprint density at radius 2 is 2.27 bits per heavy atom. The van der Waals surface area contributed by atoms with Crippen LogP contribution in [0, 0.1) is 6.92 Å². The second kappa shape index (κ2) is 4.54. The number of anilines is 1. The van der Waals surface area contributed by atoms with Crippen LogP contribution in [-0.2, 0) is 0 Å². The fraction of sp³-hybridized carbons (Fsp3) is 0.500. The number of hydrogen-bond donors (Lipinski definition) is 1. The maximum absolute atomic E-state index is 3.59. The molecule has 0 aliphatic carbocycles. The molecule has 1 aromatic carbocycles. The van der Waals surface area contributed by atoms with Crippen LogP contribution in [0.4, 0.5) is 5.69 Å². The van der Waals surface area contributed by atoms with Gasteiger partial charge in [0.2, 0.25) is 0 Å². The lowest BCUT2D eigenvalue weighted by Gasteiger charge is -2.34. The molecule has 0 spiro atoms. The van der Waals surface area contributed by atoms with Gasteiger partial charge in [-0.15, -0.1) is 0 Å². The molecule has 1 unspecified atom stereocenters. The number of halogens is 1. The van der Waals surface area contributed by atoms with Crippen LogP contribution in [0.3, 0.4) is 0 Å². The molecule has 1 aliphatic heterocycles. The fourth-order valence-corrected chi connectivity index (χ4v) is 2.45. The summed E-state index contributed by atoms with van der Waals surface area (Å²) >= 11 is 3.59. The van der Waals surface area contributed by atoms with Gasteiger partial charge >= 0.3 is 0 Å². The summed E-state index contributed by atoms with van der Waals surface area (Å²) in [5.74, 6) is 0. The topological polar surface area (TPSA) is 15.3 Å². The highest BCUT2D eigenvalue weighted by molar-refractivity contribution is 9.10. The molecule has 0 aromatic heterocycles. The van der Waals surface area contributed by atoms with Gasteiger partial charge in [0.25, 0.3) is 0 Å². The number of hydrogen-bond acceptors (Lipinski definition) is 2. The molecule has 0 saturated carbocycles. The van der Waals surface area contributed by atoms with E-state index in [9.17, 15) is 0 Å². The summed E-state index contributed by atoms with van der Waals surface area (Å²) in [5, 5.41) is 3.46. The molecule has 0 bridgehead atoms. The Kier molecular flexibility index (Phi) is 3.32. The standard InChI is InChI=1S/C12H17BrN2/c1-9-8-15(7-6-14-9)12-5-3-4-11(13)10(12)2/h3-5,9,14H,6-8H2,1-2H3. The first-order valence-electron chi connectivity index (χ1n) is 5.42. The number of rotatable bonds is 1. The van der Waals surface area contributed by atoms with Crippen molar-refractivity contribution in [3.8, 4) is 0 Å². The summed E-state index contributed by atoms with van der Waals surface area (Å²) in [6, 6.07) is 7.00. The van der Waals surface area contributed by atoms with Gasteiger partial charge in [0.1, 0.15) is 0 Å². The molecule has 82 valence electrons. The SMILES string of the molecule is Cc1c(Br)cccc1N1CCNC(C)C1. The predicted molar refractivity (Wildman–Crippen MR) is 68.6 cm³/mol. The van der Waals surface area contributed by atoms with Crippen LogP contribution in [-0.4, -0.2) is 25.7 Å². The van der Waals surface area contributed by atoms with E-state index in [1.807, 2.05) is 0 Å². The van der Waals surface area contributed by atoms with E-state index in [-0.39, 0.29) is 0 Å². The van der Waals surface area contributed by atoms with Crippen LogP contribution in [0.15, 0.2) is 22.7 Å². The monoisotopic (exact) mass is 268 g/mol. The van der Waals surface area contributed by atoms with Crippen molar-refractivity contribution in [1.29, 1.82) is 0 Å². The molecule has 1 aliphatic rings. The predicted octanol–water partition coefficient (Wildman–Crippen LogP) is 2.56. The lowest BCUT2D eigenvalue weighted by atomic mass is 10.1. The minimum atomic E-state index is 0.581. The number of nitrogens with one attached hydrogen (secondary N) is 1. The van der Waals surface area contributed by atoms with Gasteiger partial charge in [0.05, 0.1) is 0 Å². The van der Waals surface area contributed by atoms with Gasteiger partial charge in [0.15, 0.2) is 0 Å². The maximum atomic E-state index is 3.59. The van der Waals surface area contributed by atoms with Crippen LogP contribution >= 0.6 is 15.9 Å². The molecular weight excluding hydrogens is 252 g/mol. The first-order chi connectivity index (χ1) is 7.18. The summed E-state index contributed by atoms with van der Waals surface area (Å²) in [7, 11) is 0. The molecule has 3 heteroatoms. The van der Waals surface area contributed by atoms with Gasteiger partial charge in [-0.25, -0.2) is 0 Å². The lowest BCUT2D eigenvalue weighted by molar-refractivity contribution is 0.484. The van der Waals surface area contributed by atoms with Crippen molar-refractivity contribution in [3.63, 3.8) is 0 Å². The van der Waals surface area contributed by atoms with E-state index >= 15 is 0 Å². The first-order valence-corrected chi connectivity index (χ1v) is 6.21. The van der Waals surface area contributed by atoms with Crippen molar-refractivity contribution in [1.82, 2.24) is 5.32 Å². The van der Waals surface area contributed by atoms with E-state index in [1.54, 1.807) is 0 Å². The summed E-state index contributed by atoms with van der Waals surface area (Å²) in [4.78, 5) is 2.46. The molecule has 1 N–H and O–H groups in total. The van der Waals surface area contributed by atoms with Crippen molar-refractivity contribution in [3.05, 3.63) is 28.2 Å². The molecule has 15 heavy (non-hydrogen) atoms. The van der Waals surface area contributed by atoms with E-state index in [4.69, 9.17) is 0 Å². The third kappa shape index (κ3) is 2.34. The van der Waals surface area contributed by atoms with Crippen LogP contribution in [0.2, 0.25) is 0 Å². The number of piperazine rings is 1. The van der Waals surface area contributed by atoms with E-state index in [0.29, 0.717) is 6.04 Å². The minimum Gasteiger partial charge on any atom is -0.368 e. The third-order valence-corrected chi connectivity index (χ3v) is 3.81. The second-order valence-corrected chi connectivity index (χ2v) is 5.04. The molecule has 1 saturated heterocycles. The van der Waals surface area contributed by atoms with Crippen LogP contribution in [0.25, 0.3) is 0 Å². The average molecular weight is 269 g/mol. The quantitative estimate of drug-likeness (QED) is 0.843. The fourth-order valence-electron chi connectivity index (χ4n) is 2.09. The molecular formula is C12H17BrN2. The smallest absolute Gasteiger partial charge is 0.0408 e. The zero-order chi connectivity index (χ0) is 10.8. The Bertz CT molecular complexity index is 351. The molecule has 2 nitrogen and oxygen atoms in total. The van der Waals surface area contributed by atoms with E-state index in [2.05, 4.69) is 58.2 Å². The van der Waals surface area contributed by atoms with Gasteiger partial charge in [0, 0.05) is 35.8 Å². The van der Waals surface area contributed by atoms with Crippen LogP contribution < -0.4 is 10.2 Å². The molecule has 0 radical (unpaired) electrons. The second-order valence-electron chi connectivity index (χ2n) is 4.19. The van der Waals surface area contributed by atoms with E-state index in [1.165, 1.54) is 15.7 Å². The maximum Gasteiger partial charge on any atom is 0.0408 e. The highest BCUT2D eigenvalue weighted by atomic mass is 79.9. The van der Waals surface area contributed by atoms with Gasteiger partial charge in [-0.05, 0) is 31.5 Å². The minimum absolute atomic E-state index is 0.581. The van der Waals surface area contributed by atoms with Crippen molar-refractivity contribution in [2.45, 2.75) is 19.9 Å². The molecule has 0 amide bonds. The normalized spacial score (nSPS) is 21.8. The van der Waals surface area contributed by atoms with Crippen molar-refractivity contribution in [2.24, 2.45) is 0 Å². The highest BCUT2D eigenvalue weighted by Gasteiger charge is 2.17. The Morgan fingerprint density at radius 3 is 3.00 bits per heavy atom. The van der Waals surface area contributed by atoms with Gasteiger partial charge in [-0.2, -0.15) is 0 Å². The third-order valence-electron chi connectivity index (χ3n) is 2.95.